The van der Waals surface area contributed by atoms with E-state index in [1.807, 2.05) is 39.8 Å². The van der Waals surface area contributed by atoms with Gasteiger partial charge < -0.3 is 23.2 Å². The monoisotopic (exact) mass is 378 g/mol. The lowest BCUT2D eigenvalue weighted by Crippen LogP contribution is -2.46. The second-order valence-corrected chi connectivity index (χ2v) is 14.4. The number of fused-ring (bicyclic) bond motifs is 1. The van der Waals surface area contributed by atoms with E-state index in [1.165, 1.54) is 0 Å². The van der Waals surface area contributed by atoms with Gasteiger partial charge in [0.1, 0.15) is 5.75 Å². The first kappa shape index (κ1) is 19.6. The zero-order chi connectivity index (χ0) is 19.5. The number of benzene rings is 1. The molecule has 1 aromatic rings. The largest absolute Gasteiger partial charge is 0.544 e. The Kier molecular flexibility index (Phi) is 4.45. The van der Waals surface area contributed by atoms with Gasteiger partial charge in [0, 0.05) is 11.5 Å². The van der Waals surface area contributed by atoms with Crippen LogP contribution in [-0.2, 0) is 9.31 Å². The van der Waals surface area contributed by atoms with Crippen molar-refractivity contribution in [3.63, 3.8) is 0 Å². The zero-order valence-electron chi connectivity index (χ0n) is 17.5. The van der Waals surface area contributed by atoms with E-state index in [4.69, 9.17) is 23.2 Å². The molecule has 3 rings (SSSR count). The van der Waals surface area contributed by atoms with E-state index >= 15 is 0 Å². The summed E-state index contributed by atoms with van der Waals surface area (Å²) in [5, 5.41) is 0.0799. The van der Waals surface area contributed by atoms with Gasteiger partial charge in [-0.25, -0.2) is 0 Å². The lowest BCUT2D eigenvalue weighted by Gasteiger charge is -2.37. The molecule has 26 heavy (non-hydrogen) atoms. The second kappa shape index (κ2) is 5.91. The highest BCUT2D eigenvalue weighted by Gasteiger charge is 2.53. The smallest absolute Gasteiger partial charge is 0.498 e. The molecule has 0 aromatic heterocycles. The molecular formula is C19H31BO5Si. The molecule has 2 aliphatic heterocycles. The van der Waals surface area contributed by atoms with Crippen molar-refractivity contribution in [2.75, 3.05) is 6.79 Å². The Hall–Kier alpha value is -1.18. The molecule has 0 spiro atoms. The maximum absolute atomic E-state index is 6.61. The molecule has 1 aromatic carbocycles. The van der Waals surface area contributed by atoms with E-state index in [0.29, 0.717) is 11.5 Å². The summed E-state index contributed by atoms with van der Waals surface area (Å²) in [6.07, 6.45) is 0. The Labute approximate surface area is 158 Å². The summed E-state index contributed by atoms with van der Waals surface area (Å²) in [6, 6.07) is 3.86. The fraction of sp³-hybridized carbons (Fsp3) is 0.684. The van der Waals surface area contributed by atoms with Crippen LogP contribution < -0.4 is 19.4 Å². The zero-order valence-corrected chi connectivity index (χ0v) is 18.5. The summed E-state index contributed by atoms with van der Waals surface area (Å²) < 4.78 is 30.3. The van der Waals surface area contributed by atoms with E-state index < -0.39 is 26.6 Å². The molecule has 1 fully saturated rings. The van der Waals surface area contributed by atoms with Crippen LogP contribution >= 0.6 is 0 Å². The number of hydrogen-bond acceptors (Lipinski definition) is 5. The van der Waals surface area contributed by atoms with Crippen LogP contribution in [0.2, 0.25) is 18.1 Å². The van der Waals surface area contributed by atoms with Crippen LogP contribution in [0.4, 0.5) is 0 Å². The maximum Gasteiger partial charge on any atom is 0.498 e. The Morgan fingerprint density at radius 2 is 1.46 bits per heavy atom. The minimum absolute atomic E-state index is 0.0799. The third-order valence-corrected chi connectivity index (χ3v) is 10.5. The SMILES string of the molecule is CC1(C)OB(c2cc3c(cc2O[Si](C)(C)C(C)(C)C)OCO3)OC1(C)C. The normalized spacial score (nSPS) is 21.2. The van der Waals surface area contributed by atoms with Gasteiger partial charge in [0.2, 0.25) is 15.1 Å². The molecular weight excluding hydrogens is 347 g/mol. The molecule has 7 heteroatoms. The molecule has 2 aliphatic rings. The Morgan fingerprint density at radius 3 is 1.96 bits per heavy atom. The van der Waals surface area contributed by atoms with Crippen molar-refractivity contribution < 1.29 is 23.2 Å². The number of ether oxygens (including phenoxy) is 2. The van der Waals surface area contributed by atoms with Crippen LogP contribution in [0.15, 0.2) is 12.1 Å². The van der Waals surface area contributed by atoms with E-state index in [0.717, 1.165) is 11.2 Å². The molecule has 0 radical (unpaired) electrons. The maximum atomic E-state index is 6.61. The standard InChI is InChI=1S/C19H31BO5Si/c1-17(2,3)26(8,9)23-14-11-16-15(21-12-22-16)10-13(14)20-24-18(4,5)19(6,7)25-20/h10-11H,12H2,1-9H3. The van der Waals surface area contributed by atoms with Crippen LogP contribution in [0.1, 0.15) is 48.5 Å². The van der Waals surface area contributed by atoms with E-state index in [2.05, 4.69) is 33.9 Å². The molecule has 0 N–H and O–H groups in total. The van der Waals surface area contributed by atoms with E-state index in [-0.39, 0.29) is 11.8 Å². The number of hydrogen-bond donors (Lipinski definition) is 0. The lowest BCUT2D eigenvalue weighted by molar-refractivity contribution is 0.00578. The van der Waals surface area contributed by atoms with Gasteiger partial charge in [-0.2, -0.15) is 0 Å². The fourth-order valence-electron chi connectivity index (χ4n) is 2.61. The Bertz CT molecular complexity index is 693. The van der Waals surface area contributed by atoms with Crippen molar-refractivity contribution in [2.24, 2.45) is 0 Å². The Balaban J connectivity index is 2.02. The van der Waals surface area contributed by atoms with Crippen molar-refractivity contribution in [3.8, 4) is 17.2 Å². The van der Waals surface area contributed by atoms with Crippen molar-refractivity contribution in [2.45, 2.75) is 77.8 Å². The summed E-state index contributed by atoms with van der Waals surface area (Å²) in [6.45, 7) is 19.5. The van der Waals surface area contributed by atoms with Crippen LogP contribution in [0, 0.1) is 0 Å². The van der Waals surface area contributed by atoms with Gasteiger partial charge in [-0.05, 0) is 51.9 Å². The van der Waals surface area contributed by atoms with Crippen LogP contribution in [0.5, 0.6) is 17.2 Å². The van der Waals surface area contributed by atoms with E-state index in [9.17, 15) is 0 Å². The van der Waals surface area contributed by atoms with Gasteiger partial charge in [0.25, 0.3) is 0 Å². The van der Waals surface area contributed by atoms with Gasteiger partial charge in [-0.3, -0.25) is 0 Å². The van der Waals surface area contributed by atoms with E-state index in [1.54, 1.807) is 0 Å². The molecule has 144 valence electrons. The second-order valence-electron chi connectivity index (χ2n) is 9.69. The quantitative estimate of drug-likeness (QED) is 0.741. The molecule has 2 heterocycles. The predicted octanol–water partition coefficient (Wildman–Crippen LogP) is 4.10. The molecule has 0 unspecified atom stereocenters. The van der Waals surface area contributed by atoms with Crippen molar-refractivity contribution in [1.29, 1.82) is 0 Å². The minimum atomic E-state index is -2.04. The van der Waals surface area contributed by atoms with Gasteiger partial charge >= 0.3 is 7.12 Å². The summed E-state index contributed by atoms with van der Waals surface area (Å²) in [5.74, 6) is 2.18. The highest BCUT2D eigenvalue weighted by Crippen LogP contribution is 2.42. The first-order valence-electron chi connectivity index (χ1n) is 9.22. The topological polar surface area (TPSA) is 46.2 Å². The molecule has 0 aliphatic carbocycles. The molecule has 5 nitrogen and oxygen atoms in total. The van der Waals surface area contributed by atoms with Crippen LogP contribution in [0.3, 0.4) is 0 Å². The minimum Gasteiger partial charge on any atom is -0.544 e. The Morgan fingerprint density at radius 1 is 0.962 bits per heavy atom. The third kappa shape index (κ3) is 3.25. The molecule has 0 amide bonds. The summed E-state index contributed by atoms with van der Waals surface area (Å²) >= 11 is 0. The highest BCUT2D eigenvalue weighted by atomic mass is 28.4. The van der Waals surface area contributed by atoms with Crippen LogP contribution in [-0.4, -0.2) is 33.4 Å². The highest BCUT2D eigenvalue weighted by molar-refractivity contribution is 6.75. The van der Waals surface area contributed by atoms with Crippen molar-refractivity contribution >= 4 is 20.9 Å². The summed E-state index contributed by atoms with van der Waals surface area (Å²) in [5.41, 5.74) is 0.0302. The van der Waals surface area contributed by atoms with Crippen LogP contribution in [0.25, 0.3) is 0 Å². The molecule has 1 saturated heterocycles. The van der Waals surface area contributed by atoms with Gasteiger partial charge in [-0.15, -0.1) is 0 Å². The average molecular weight is 378 g/mol. The molecule has 0 atom stereocenters. The van der Waals surface area contributed by atoms with Crippen molar-refractivity contribution in [3.05, 3.63) is 12.1 Å². The lowest BCUT2D eigenvalue weighted by atomic mass is 9.78. The first-order chi connectivity index (χ1) is 11.7. The average Bonchev–Trinajstić information content (AvgIpc) is 2.98. The fourth-order valence-corrected chi connectivity index (χ4v) is 3.64. The van der Waals surface area contributed by atoms with Gasteiger partial charge in [0.05, 0.1) is 11.2 Å². The molecule has 0 bridgehead atoms. The van der Waals surface area contributed by atoms with Gasteiger partial charge in [0.15, 0.2) is 11.5 Å². The molecule has 0 saturated carbocycles. The summed E-state index contributed by atoms with van der Waals surface area (Å²) in [4.78, 5) is 0. The first-order valence-corrected chi connectivity index (χ1v) is 12.1. The summed E-state index contributed by atoms with van der Waals surface area (Å²) in [7, 11) is -2.54. The predicted molar refractivity (Wildman–Crippen MR) is 106 cm³/mol. The number of rotatable bonds is 3. The van der Waals surface area contributed by atoms with Crippen molar-refractivity contribution in [1.82, 2.24) is 0 Å². The third-order valence-electron chi connectivity index (χ3n) is 6.18. The van der Waals surface area contributed by atoms with Gasteiger partial charge in [-0.1, -0.05) is 20.8 Å².